The number of nitrogens with one attached hydrogen (secondary N) is 1. The van der Waals surface area contributed by atoms with Crippen LogP contribution in [0.2, 0.25) is 0 Å². The fourth-order valence-electron chi connectivity index (χ4n) is 2.59. The minimum atomic E-state index is -0.129. The average Bonchev–Trinajstić information content (AvgIpc) is 2.91. The molecule has 0 radical (unpaired) electrons. The van der Waals surface area contributed by atoms with Gasteiger partial charge < -0.3 is 4.52 Å². The number of carbonyl (C=O) groups excluding carboxylic acids is 1. The van der Waals surface area contributed by atoms with Gasteiger partial charge >= 0.3 is 0 Å². The summed E-state index contributed by atoms with van der Waals surface area (Å²) in [4.78, 5) is 13.5. The van der Waals surface area contributed by atoms with E-state index in [2.05, 4.69) is 17.4 Å². The molecule has 2 aromatic rings. The van der Waals surface area contributed by atoms with Gasteiger partial charge in [-0.3, -0.25) is 10.1 Å². The zero-order valence-electron chi connectivity index (χ0n) is 12.0. The van der Waals surface area contributed by atoms with Gasteiger partial charge in [-0.2, -0.15) is 0 Å². The Hall–Kier alpha value is -1.75. The predicted molar refractivity (Wildman–Crippen MR) is 83.9 cm³/mol. The molecule has 5 heteroatoms. The number of fused-ring (bicyclic) bond motifs is 1. The number of nitrogens with zero attached hydrogens (tertiary/aromatic N) is 1. The molecule has 1 aliphatic rings. The molecule has 0 fully saturated rings. The Bertz CT molecular complexity index is 651. The van der Waals surface area contributed by atoms with Crippen molar-refractivity contribution in [2.75, 3.05) is 11.1 Å². The largest absolute Gasteiger partial charge is 0.338 e. The van der Waals surface area contributed by atoms with E-state index in [1.807, 2.05) is 24.3 Å². The van der Waals surface area contributed by atoms with Crippen molar-refractivity contribution in [3.8, 4) is 0 Å². The lowest BCUT2D eigenvalue weighted by atomic mass is 9.97. The van der Waals surface area contributed by atoms with Crippen LogP contribution in [0.1, 0.15) is 41.4 Å². The number of amides is 1. The number of thioether (sulfide) groups is 1. The Morgan fingerprint density at radius 1 is 1.33 bits per heavy atom. The van der Waals surface area contributed by atoms with Crippen LogP contribution < -0.4 is 5.32 Å². The summed E-state index contributed by atoms with van der Waals surface area (Å²) in [5, 5.41) is 6.95. The van der Waals surface area contributed by atoms with Gasteiger partial charge in [0.2, 0.25) is 5.88 Å². The monoisotopic (exact) mass is 302 g/mol. The van der Waals surface area contributed by atoms with Gasteiger partial charge in [0, 0.05) is 10.5 Å². The number of carbonyl (C=O) groups is 1. The fraction of sp³-hybridized carbons (Fsp3) is 0.375. The SMILES string of the molecule is CCSc1ccccc1C(=O)Nc1onc2c1CCCC2. The van der Waals surface area contributed by atoms with Crippen molar-refractivity contribution in [1.29, 1.82) is 0 Å². The molecule has 1 aliphatic carbocycles. The number of aromatic nitrogens is 1. The third kappa shape index (κ3) is 2.97. The van der Waals surface area contributed by atoms with Gasteiger partial charge in [0.1, 0.15) is 0 Å². The van der Waals surface area contributed by atoms with Gasteiger partial charge in [-0.05, 0) is 43.6 Å². The summed E-state index contributed by atoms with van der Waals surface area (Å²) < 4.78 is 5.32. The number of hydrogen-bond donors (Lipinski definition) is 1. The molecule has 1 heterocycles. The highest BCUT2D eigenvalue weighted by Crippen LogP contribution is 2.29. The Balaban J connectivity index is 1.82. The standard InChI is InChI=1S/C16H18N2O2S/c1-2-21-14-10-6-4-8-12(14)15(19)17-16-11-7-3-5-9-13(11)18-20-16/h4,6,8,10H,2-3,5,7,9H2,1H3,(H,17,19). The third-order valence-electron chi connectivity index (χ3n) is 3.62. The maximum absolute atomic E-state index is 12.5. The first-order valence-electron chi connectivity index (χ1n) is 7.30. The van der Waals surface area contributed by atoms with Crippen LogP contribution >= 0.6 is 11.8 Å². The van der Waals surface area contributed by atoms with E-state index in [0.29, 0.717) is 11.4 Å². The Labute approximate surface area is 128 Å². The van der Waals surface area contributed by atoms with Crippen molar-refractivity contribution < 1.29 is 9.32 Å². The molecule has 0 unspecified atom stereocenters. The molecule has 0 spiro atoms. The molecule has 1 aromatic heterocycles. The van der Waals surface area contributed by atoms with E-state index in [9.17, 15) is 4.79 Å². The van der Waals surface area contributed by atoms with Crippen LogP contribution in [0, 0.1) is 0 Å². The zero-order valence-corrected chi connectivity index (χ0v) is 12.8. The van der Waals surface area contributed by atoms with Crippen LogP contribution in [-0.4, -0.2) is 16.8 Å². The average molecular weight is 302 g/mol. The van der Waals surface area contributed by atoms with Crippen molar-refractivity contribution in [3.05, 3.63) is 41.1 Å². The summed E-state index contributed by atoms with van der Waals surface area (Å²) in [6.07, 6.45) is 4.14. The highest BCUT2D eigenvalue weighted by atomic mass is 32.2. The summed E-state index contributed by atoms with van der Waals surface area (Å²) >= 11 is 1.66. The van der Waals surface area contributed by atoms with Crippen LogP contribution in [0.4, 0.5) is 5.88 Å². The molecule has 0 saturated carbocycles. The van der Waals surface area contributed by atoms with Crippen LogP contribution in [0.5, 0.6) is 0 Å². The first-order valence-corrected chi connectivity index (χ1v) is 8.28. The van der Waals surface area contributed by atoms with Gasteiger partial charge in [-0.25, -0.2) is 0 Å². The molecule has 0 saturated heterocycles. The number of rotatable bonds is 4. The molecule has 1 N–H and O–H groups in total. The molecule has 110 valence electrons. The molecule has 1 amide bonds. The number of aryl methyl sites for hydroxylation is 1. The van der Waals surface area contributed by atoms with E-state index in [0.717, 1.165) is 47.6 Å². The predicted octanol–water partition coefficient (Wildman–Crippen LogP) is 3.92. The minimum absolute atomic E-state index is 0.129. The molecule has 21 heavy (non-hydrogen) atoms. The van der Waals surface area contributed by atoms with E-state index in [4.69, 9.17) is 4.52 Å². The lowest BCUT2D eigenvalue weighted by Gasteiger charge is -2.11. The van der Waals surface area contributed by atoms with Gasteiger partial charge in [-0.1, -0.05) is 24.2 Å². The van der Waals surface area contributed by atoms with E-state index < -0.39 is 0 Å². The summed E-state index contributed by atoms with van der Waals surface area (Å²) in [6.45, 7) is 2.08. The molecular weight excluding hydrogens is 284 g/mol. The number of benzene rings is 1. The van der Waals surface area contributed by atoms with Gasteiger partial charge in [0.15, 0.2) is 0 Å². The Morgan fingerprint density at radius 2 is 2.14 bits per heavy atom. The third-order valence-corrected chi connectivity index (χ3v) is 4.57. The highest BCUT2D eigenvalue weighted by molar-refractivity contribution is 7.99. The maximum atomic E-state index is 12.5. The molecule has 3 rings (SSSR count). The van der Waals surface area contributed by atoms with Crippen molar-refractivity contribution in [1.82, 2.24) is 5.16 Å². The van der Waals surface area contributed by atoms with Crippen molar-refractivity contribution in [3.63, 3.8) is 0 Å². The molecule has 0 aliphatic heterocycles. The van der Waals surface area contributed by atoms with Crippen LogP contribution in [0.15, 0.2) is 33.7 Å². The zero-order chi connectivity index (χ0) is 14.7. The second-order valence-electron chi connectivity index (χ2n) is 5.03. The maximum Gasteiger partial charge on any atom is 0.259 e. The Kier molecular flexibility index (Phi) is 4.29. The summed E-state index contributed by atoms with van der Waals surface area (Å²) in [6, 6.07) is 7.64. The fourth-order valence-corrected chi connectivity index (χ4v) is 3.40. The molecular formula is C16H18N2O2S. The number of anilines is 1. The van der Waals surface area contributed by atoms with Crippen molar-refractivity contribution >= 4 is 23.6 Å². The van der Waals surface area contributed by atoms with Gasteiger partial charge in [0.05, 0.1) is 11.3 Å². The van der Waals surface area contributed by atoms with Crippen molar-refractivity contribution in [2.24, 2.45) is 0 Å². The van der Waals surface area contributed by atoms with Gasteiger partial charge in [0.25, 0.3) is 5.91 Å². The topological polar surface area (TPSA) is 55.1 Å². The van der Waals surface area contributed by atoms with Crippen LogP contribution in [-0.2, 0) is 12.8 Å². The van der Waals surface area contributed by atoms with Crippen molar-refractivity contribution in [2.45, 2.75) is 37.5 Å². The molecule has 0 bridgehead atoms. The van der Waals surface area contributed by atoms with Gasteiger partial charge in [-0.15, -0.1) is 11.8 Å². The second kappa shape index (κ2) is 6.35. The lowest BCUT2D eigenvalue weighted by molar-refractivity contribution is 0.102. The highest BCUT2D eigenvalue weighted by Gasteiger charge is 2.21. The van der Waals surface area contributed by atoms with Crippen LogP contribution in [0.25, 0.3) is 0 Å². The first-order chi connectivity index (χ1) is 10.3. The summed E-state index contributed by atoms with van der Waals surface area (Å²) in [7, 11) is 0. The molecule has 1 aromatic carbocycles. The number of hydrogen-bond acceptors (Lipinski definition) is 4. The van der Waals surface area contributed by atoms with E-state index >= 15 is 0 Å². The quantitative estimate of drug-likeness (QED) is 0.870. The second-order valence-corrected chi connectivity index (χ2v) is 6.33. The lowest BCUT2D eigenvalue weighted by Crippen LogP contribution is -2.14. The minimum Gasteiger partial charge on any atom is -0.338 e. The van der Waals surface area contributed by atoms with E-state index in [1.165, 1.54) is 0 Å². The summed E-state index contributed by atoms with van der Waals surface area (Å²) in [5.41, 5.74) is 2.74. The summed E-state index contributed by atoms with van der Waals surface area (Å²) in [5.74, 6) is 1.32. The van der Waals surface area contributed by atoms with E-state index in [1.54, 1.807) is 11.8 Å². The molecule has 4 nitrogen and oxygen atoms in total. The normalized spacial score (nSPS) is 13.8. The smallest absolute Gasteiger partial charge is 0.259 e. The van der Waals surface area contributed by atoms with E-state index in [-0.39, 0.29) is 5.91 Å². The first kappa shape index (κ1) is 14.2. The molecule has 0 atom stereocenters. The van der Waals surface area contributed by atoms with Crippen LogP contribution in [0.3, 0.4) is 0 Å². The Morgan fingerprint density at radius 3 is 3.00 bits per heavy atom.